The van der Waals surface area contributed by atoms with Crippen LogP contribution in [0.4, 0.5) is 13.2 Å². The summed E-state index contributed by atoms with van der Waals surface area (Å²) in [6, 6.07) is 0. The molecule has 8 heteroatoms. The van der Waals surface area contributed by atoms with Crippen LogP contribution in [0, 0.1) is 0 Å². The Hall–Kier alpha value is -0.890. The second kappa shape index (κ2) is 6.26. The Morgan fingerprint density at radius 2 is 2.00 bits per heavy atom. The average Bonchev–Trinajstić information content (AvgIpc) is 2.85. The monoisotopic (exact) mass is 354 g/mol. The largest absolute Gasteiger partial charge is 0.411 e. The topological polar surface area (TPSA) is 55.0 Å². The van der Waals surface area contributed by atoms with Crippen LogP contribution >= 0.6 is 15.9 Å². The molecule has 0 atom stereocenters. The molecule has 0 aliphatic heterocycles. The zero-order chi connectivity index (χ0) is 14.8. The van der Waals surface area contributed by atoms with Crippen LogP contribution < -0.4 is 5.56 Å². The number of aromatic amines is 1. The molecule has 1 aliphatic carbocycles. The van der Waals surface area contributed by atoms with E-state index in [4.69, 9.17) is 0 Å². The molecule has 0 radical (unpaired) electrons. The van der Waals surface area contributed by atoms with E-state index >= 15 is 0 Å². The fourth-order valence-electron chi connectivity index (χ4n) is 2.33. The van der Waals surface area contributed by atoms with Gasteiger partial charge in [-0.1, -0.05) is 12.8 Å². The second-order valence-electron chi connectivity index (χ2n) is 4.80. The van der Waals surface area contributed by atoms with E-state index in [0.29, 0.717) is 10.2 Å². The Kier molecular flexibility index (Phi) is 4.85. The quantitative estimate of drug-likeness (QED) is 0.902. The standard InChI is InChI=1S/C12H14BrF3N2O2/c13-9-10(7-3-1-2-4-7)17-8(18-11(9)19)5-20-6-12(14,15)16/h7H,1-6H2,(H,17,18,19). The summed E-state index contributed by atoms with van der Waals surface area (Å²) in [5, 5.41) is 0. The van der Waals surface area contributed by atoms with Crippen molar-refractivity contribution >= 4 is 15.9 Å². The Labute approximate surface area is 121 Å². The first-order chi connectivity index (χ1) is 9.37. The van der Waals surface area contributed by atoms with Gasteiger partial charge in [-0.25, -0.2) is 4.98 Å². The number of nitrogens with one attached hydrogen (secondary N) is 1. The van der Waals surface area contributed by atoms with Crippen LogP contribution in [-0.2, 0) is 11.3 Å². The molecule has 1 fully saturated rings. The molecule has 112 valence electrons. The zero-order valence-corrected chi connectivity index (χ0v) is 12.2. The third-order valence-electron chi connectivity index (χ3n) is 3.18. The molecular weight excluding hydrogens is 341 g/mol. The number of hydrogen-bond acceptors (Lipinski definition) is 3. The molecule has 2 rings (SSSR count). The molecular formula is C12H14BrF3N2O2. The summed E-state index contributed by atoms with van der Waals surface area (Å²) >= 11 is 3.20. The minimum Gasteiger partial charge on any atom is -0.364 e. The fourth-order valence-corrected chi connectivity index (χ4v) is 2.84. The number of H-pyrrole nitrogens is 1. The Morgan fingerprint density at radius 3 is 2.60 bits per heavy atom. The van der Waals surface area contributed by atoms with Gasteiger partial charge in [-0.05, 0) is 28.8 Å². The summed E-state index contributed by atoms with van der Waals surface area (Å²) in [4.78, 5) is 18.4. The molecule has 0 aromatic carbocycles. The molecule has 0 saturated heterocycles. The number of rotatable bonds is 4. The van der Waals surface area contributed by atoms with Gasteiger partial charge in [-0.2, -0.15) is 13.2 Å². The molecule has 1 aliphatic rings. The lowest BCUT2D eigenvalue weighted by Gasteiger charge is -2.12. The molecule has 1 aromatic rings. The third-order valence-corrected chi connectivity index (χ3v) is 3.95. The summed E-state index contributed by atoms with van der Waals surface area (Å²) in [5.74, 6) is 0.317. The van der Waals surface area contributed by atoms with E-state index in [1.807, 2.05) is 0 Å². The van der Waals surface area contributed by atoms with Gasteiger partial charge < -0.3 is 9.72 Å². The molecule has 0 amide bonds. The van der Waals surface area contributed by atoms with Crippen LogP contribution in [0.15, 0.2) is 9.27 Å². The number of hydrogen-bond donors (Lipinski definition) is 1. The highest BCUT2D eigenvalue weighted by Gasteiger charge is 2.28. The summed E-state index contributed by atoms with van der Waals surface area (Å²) in [6.07, 6.45) is -0.350. The fraction of sp³-hybridized carbons (Fsp3) is 0.667. The SMILES string of the molecule is O=c1[nH]c(COCC(F)(F)F)nc(C2CCCC2)c1Br. The number of ether oxygens (including phenoxy) is 1. The molecule has 1 N–H and O–H groups in total. The van der Waals surface area contributed by atoms with Gasteiger partial charge in [-0.15, -0.1) is 0 Å². The van der Waals surface area contributed by atoms with Crippen molar-refractivity contribution in [2.75, 3.05) is 6.61 Å². The Bertz CT molecular complexity index is 524. The molecule has 1 aromatic heterocycles. The molecule has 4 nitrogen and oxygen atoms in total. The lowest BCUT2D eigenvalue weighted by molar-refractivity contribution is -0.177. The summed E-state index contributed by atoms with van der Waals surface area (Å²) in [5.41, 5.74) is 0.240. The predicted molar refractivity (Wildman–Crippen MR) is 69.5 cm³/mol. The maximum Gasteiger partial charge on any atom is 0.411 e. The molecule has 1 saturated carbocycles. The molecule has 0 bridgehead atoms. The van der Waals surface area contributed by atoms with Gasteiger partial charge in [0.1, 0.15) is 23.5 Å². The van der Waals surface area contributed by atoms with Crippen LogP contribution in [-0.4, -0.2) is 22.8 Å². The summed E-state index contributed by atoms with van der Waals surface area (Å²) in [6.45, 7) is -1.71. The molecule has 0 spiro atoms. The average molecular weight is 355 g/mol. The molecule has 1 heterocycles. The van der Waals surface area contributed by atoms with Crippen molar-refractivity contribution in [2.45, 2.75) is 44.4 Å². The van der Waals surface area contributed by atoms with Crippen molar-refractivity contribution in [1.29, 1.82) is 0 Å². The first-order valence-corrected chi connectivity index (χ1v) is 7.09. The van der Waals surface area contributed by atoms with Gasteiger partial charge in [0.15, 0.2) is 0 Å². The van der Waals surface area contributed by atoms with Gasteiger partial charge in [0.05, 0.1) is 5.69 Å². The van der Waals surface area contributed by atoms with Gasteiger partial charge in [-0.3, -0.25) is 4.79 Å². The minimum absolute atomic E-state index is 0.129. The second-order valence-corrected chi connectivity index (χ2v) is 5.59. The highest BCUT2D eigenvalue weighted by Crippen LogP contribution is 2.35. The maximum atomic E-state index is 12.0. The predicted octanol–water partition coefficient (Wildman–Crippen LogP) is 3.27. The van der Waals surface area contributed by atoms with Crippen molar-refractivity contribution in [3.63, 3.8) is 0 Å². The van der Waals surface area contributed by atoms with E-state index < -0.39 is 12.8 Å². The summed E-state index contributed by atoms with van der Waals surface area (Å²) in [7, 11) is 0. The molecule has 0 unspecified atom stereocenters. The highest BCUT2D eigenvalue weighted by molar-refractivity contribution is 9.10. The normalized spacial score (nSPS) is 16.8. The maximum absolute atomic E-state index is 12.0. The molecule has 20 heavy (non-hydrogen) atoms. The smallest absolute Gasteiger partial charge is 0.364 e. The van der Waals surface area contributed by atoms with Gasteiger partial charge >= 0.3 is 6.18 Å². The lowest BCUT2D eigenvalue weighted by atomic mass is 10.0. The van der Waals surface area contributed by atoms with Crippen LogP contribution in [0.5, 0.6) is 0 Å². The van der Waals surface area contributed by atoms with Gasteiger partial charge in [0, 0.05) is 5.92 Å². The van der Waals surface area contributed by atoms with Crippen molar-refractivity contribution in [2.24, 2.45) is 0 Å². The minimum atomic E-state index is -4.38. The van der Waals surface area contributed by atoms with E-state index in [-0.39, 0.29) is 23.9 Å². The van der Waals surface area contributed by atoms with Crippen molar-refractivity contribution in [1.82, 2.24) is 9.97 Å². The number of alkyl halides is 3. The van der Waals surface area contributed by atoms with Crippen molar-refractivity contribution in [3.8, 4) is 0 Å². The first kappa shape index (κ1) is 15.5. The van der Waals surface area contributed by atoms with E-state index in [2.05, 4.69) is 30.6 Å². The number of halogens is 4. The van der Waals surface area contributed by atoms with Crippen LogP contribution in [0.25, 0.3) is 0 Å². The van der Waals surface area contributed by atoms with Gasteiger partial charge in [0.2, 0.25) is 0 Å². The highest BCUT2D eigenvalue weighted by atomic mass is 79.9. The van der Waals surface area contributed by atoms with Crippen LogP contribution in [0.2, 0.25) is 0 Å². The van der Waals surface area contributed by atoms with Crippen LogP contribution in [0.1, 0.15) is 43.1 Å². The van der Waals surface area contributed by atoms with Crippen molar-refractivity contribution < 1.29 is 17.9 Å². The van der Waals surface area contributed by atoms with Crippen molar-refractivity contribution in [3.05, 3.63) is 26.3 Å². The first-order valence-electron chi connectivity index (χ1n) is 6.30. The third kappa shape index (κ3) is 4.05. The van der Waals surface area contributed by atoms with E-state index in [0.717, 1.165) is 25.7 Å². The van der Waals surface area contributed by atoms with E-state index in [1.54, 1.807) is 0 Å². The van der Waals surface area contributed by atoms with E-state index in [1.165, 1.54) is 0 Å². The van der Waals surface area contributed by atoms with Crippen LogP contribution in [0.3, 0.4) is 0 Å². The Balaban J connectivity index is 2.12. The van der Waals surface area contributed by atoms with Gasteiger partial charge in [0.25, 0.3) is 5.56 Å². The van der Waals surface area contributed by atoms with E-state index in [9.17, 15) is 18.0 Å². The number of aromatic nitrogens is 2. The lowest BCUT2D eigenvalue weighted by Crippen LogP contribution is -2.20. The summed E-state index contributed by atoms with van der Waals surface area (Å²) < 4.78 is 40.9. The Morgan fingerprint density at radius 1 is 1.35 bits per heavy atom. The zero-order valence-electron chi connectivity index (χ0n) is 10.6. The number of nitrogens with zero attached hydrogens (tertiary/aromatic N) is 1.